The molecule has 0 aliphatic carbocycles. The molecule has 0 atom stereocenters. The van der Waals surface area contributed by atoms with Crippen molar-refractivity contribution >= 4 is 51.5 Å². The van der Waals surface area contributed by atoms with Crippen LogP contribution in [0, 0.1) is 19.7 Å². The molecule has 0 aliphatic heterocycles. The van der Waals surface area contributed by atoms with E-state index in [0.717, 1.165) is 34.6 Å². The molecule has 1 N–H and O–H groups in total. The van der Waals surface area contributed by atoms with Gasteiger partial charge < -0.3 is 14.8 Å². The van der Waals surface area contributed by atoms with E-state index in [9.17, 15) is 9.18 Å². The smallest absolute Gasteiger partial charge is 0.234 e. The summed E-state index contributed by atoms with van der Waals surface area (Å²) >= 11 is 6.96. The maximum absolute atomic E-state index is 14.1. The highest BCUT2D eigenvalue weighted by Crippen LogP contribution is 2.34. The summed E-state index contributed by atoms with van der Waals surface area (Å²) in [7, 11) is 3.11. The standard InChI is InChI=1S/C26H25ClFN7O3S/c1-14-9-15(2)34(32-14)8-7-23-31-25-17-11-21(37-3)22(38-4)12-20(17)30-26(35(25)33-23)39-13-24(36)29-19-6-5-16(27)10-18(19)28/h5-6,9-12H,7-8,13H2,1-4H3,(H,29,36). The van der Waals surface area contributed by atoms with Gasteiger partial charge in [0.1, 0.15) is 5.82 Å². The van der Waals surface area contributed by atoms with Crippen LogP contribution in [-0.2, 0) is 17.8 Å². The highest BCUT2D eigenvalue weighted by atomic mass is 35.5. The number of aryl methyl sites for hydroxylation is 4. The lowest BCUT2D eigenvalue weighted by atomic mass is 10.2. The van der Waals surface area contributed by atoms with Gasteiger partial charge in [0.25, 0.3) is 0 Å². The van der Waals surface area contributed by atoms with Crippen molar-refractivity contribution in [3.8, 4) is 11.5 Å². The highest BCUT2D eigenvalue weighted by molar-refractivity contribution is 7.99. The van der Waals surface area contributed by atoms with Gasteiger partial charge in [0, 0.05) is 35.1 Å². The Balaban J connectivity index is 1.47. The number of rotatable bonds is 9. The number of aromatic nitrogens is 6. The predicted octanol–water partition coefficient (Wildman–Crippen LogP) is 4.87. The zero-order valence-electron chi connectivity index (χ0n) is 21.7. The van der Waals surface area contributed by atoms with E-state index in [1.807, 2.05) is 24.6 Å². The third-order valence-electron chi connectivity index (χ3n) is 5.98. The van der Waals surface area contributed by atoms with Gasteiger partial charge in [0.15, 0.2) is 28.1 Å². The molecule has 0 bridgehead atoms. The van der Waals surface area contributed by atoms with Gasteiger partial charge >= 0.3 is 0 Å². The monoisotopic (exact) mass is 569 g/mol. The number of hydrogen-bond acceptors (Lipinski definition) is 8. The van der Waals surface area contributed by atoms with Crippen LogP contribution in [0.3, 0.4) is 0 Å². The number of methoxy groups -OCH3 is 2. The molecule has 0 aliphatic rings. The molecule has 0 radical (unpaired) electrons. The Hall–Kier alpha value is -3.90. The number of benzene rings is 2. The molecule has 3 aromatic heterocycles. The molecule has 5 rings (SSSR count). The average molecular weight is 570 g/mol. The largest absolute Gasteiger partial charge is 0.493 e. The fraction of sp³-hybridized carbons (Fsp3) is 0.269. The van der Waals surface area contributed by atoms with Crippen LogP contribution in [-0.4, -0.2) is 55.2 Å². The van der Waals surface area contributed by atoms with Crippen molar-refractivity contribution in [2.24, 2.45) is 0 Å². The van der Waals surface area contributed by atoms with E-state index < -0.39 is 11.7 Å². The fourth-order valence-electron chi connectivity index (χ4n) is 4.17. The van der Waals surface area contributed by atoms with Crippen molar-refractivity contribution in [3.05, 3.63) is 64.5 Å². The SMILES string of the molecule is COc1cc2nc(SCC(=O)Nc3ccc(Cl)cc3F)n3nc(CCn4nc(C)cc4C)nc3c2cc1OC. The molecule has 0 unspecified atom stereocenters. The maximum atomic E-state index is 14.1. The zero-order valence-corrected chi connectivity index (χ0v) is 23.2. The van der Waals surface area contributed by atoms with E-state index in [4.69, 9.17) is 36.1 Å². The van der Waals surface area contributed by atoms with Gasteiger partial charge in [-0.05, 0) is 44.2 Å². The average Bonchev–Trinajstić information content (AvgIpc) is 3.49. The third-order valence-corrected chi connectivity index (χ3v) is 7.14. The number of fused-ring (bicyclic) bond motifs is 3. The van der Waals surface area contributed by atoms with Gasteiger partial charge in [-0.3, -0.25) is 9.48 Å². The molecular weight excluding hydrogens is 545 g/mol. The van der Waals surface area contributed by atoms with Gasteiger partial charge in [-0.15, -0.1) is 5.10 Å². The summed E-state index contributed by atoms with van der Waals surface area (Å²) in [5.74, 6) is 0.583. The minimum atomic E-state index is -0.614. The van der Waals surface area contributed by atoms with Crippen molar-refractivity contribution in [2.45, 2.75) is 32.0 Å². The van der Waals surface area contributed by atoms with Crippen LogP contribution in [0.5, 0.6) is 11.5 Å². The molecule has 202 valence electrons. The van der Waals surface area contributed by atoms with Crippen LogP contribution >= 0.6 is 23.4 Å². The maximum Gasteiger partial charge on any atom is 0.234 e. The molecule has 0 saturated carbocycles. The van der Waals surface area contributed by atoms with Crippen LogP contribution in [0.25, 0.3) is 16.6 Å². The topological polar surface area (TPSA) is 108 Å². The molecule has 0 fully saturated rings. The second-order valence-corrected chi connectivity index (χ2v) is 10.1. The van der Waals surface area contributed by atoms with Crippen LogP contribution < -0.4 is 14.8 Å². The normalized spacial score (nSPS) is 11.3. The van der Waals surface area contributed by atoms with Crippen molar-refractivity contribution in [1.29, 1.82) is 0 Å². The Morgan fingerprint density at radius 3 is 2.54 bits per heavy atom. The first kappa shape index (κ1) is 26.7. The van der Waals surface area contributed by atoms with E-state index >= 15 is 0 Å². The first-order valence-electron chi connectivity index (χ1n) is 12.0. The number of nitrogens with one attached hydrogen (secondary N) is 1. The second kappa shape index (κ2) is 11.1. The second-order valence-electron chi connectivity index (χ2n) is 8.74. The Labute approximate surface area is 232 Å². The Kier molecular flexibility index (Phi) is 7.58. The quantitative estimate of drug-likeness (QED) is 0.198. The van der Waals surface area contributed by atoms with Gasteiger partial charge in [-0.1, -0.05) is 23.4 Å². The van der Waals surface area contributed by atoms with Gasteiger partial charge in [0.05, 0.1) is 36.9 Å². The molecule has 0 saturated heterocycles. The zero-order chi connectivity index (χ0) is 27.7. The van der Waals surface area contributed by atoms with Crippen molar-refractivity contribution in [1.82, 2.24) is 29.4 Å². The lowest BCUT2D eigenvalue weighted by Gasteiger charge is -2.11. The van der Waals surface area contributed by atoms with Crippen molar-refractivity contribution < 1.29 is 18.7 Å². The number of carbonyl (C=O) groups excluding carboxylic acids is 1. The Bertz CT molecular complexity index is 1700. The molecule has 1 amide bonds. The van der Waals surface area contributed by atoms with Crippen molar-refractivity contribution in [3.63, 3.8) is 0 Å². The summed E-state index contributed by atoms with van der Waals surface area (Å²) < 4.78 is 28.6. The van der Waals surface area contributed by atoms with Crippen LogP contribution in [0.1, 0.15) is 17.2 Å². The van der Waals surface area contributed by atoms with Gasteiger partial charge in [-0.2, -0.15) is 9.61 Å². The molecule has 3 heterocycles. The molecule has 2 aromatic carbocycles. The predicted molar refractivity (Wildman–Crippen MR) is 148 cm³/mol. The summed E-state index contributed by atoms with van der Waals surface area (Å²) in [6, 6.07) is 9.64. The van der Waals surface area contributed by atoms with Gasteiger partial charge in [-0.25, -0.2) is 14.4 Å². The van der Waals surface area contributed by atoms with E-state index in [1.54, 1.807) is 30.9 Å². The summed E-state index contributed by atoms with van der Waals surface area (Å²) in [4.78, 5) is 22.2. The fourth-order valence-corrected chi connectivity index (χ4v) is 5.07. The number of anilines is 1. The summed E-state index contributed by atoms with van der Waals surface area (Å²) in [6.45, 7) is 4.56. The number of ether oxygens (including phenoxy) is 2. The summed E-state index contributed by atoms with van der Waals surface area (Å²) in [5.41, 5.74) is 3.22. The minimum absolute atomic E-state index is 0.0378. The number of amides is 1. The Morgan fingerprint density at radius 2 is 1.85 bits per heavy atom. The molecule has 10 nitrogen and oxygen atoms in total. The number of nitrogens with zero attached hydrogens (tertiary/aromatic N) is 6. The first-order chi connectivity index (χ1) is 18.7. The number of hydrogen-bond donors (Lipinski definition) is 1. The first-order valence-corrected chi connectivity index (χ1v) is 13.3. The highest BCUT2D eigenvalue weighted by Gasteiger charge is 2.19. The van der Waals surface area contributed by atoms with E-state index in [1.165, 1.54) is 12.1 Å². The van der Waals surface area contributed by atoms with E-state index in [2.05, 4.69) is 10.4 Å². The van der Waals surface area contributed by atoms with E-state index in [-0.39, 0.29) is 16.5 Å². The van der Waals surface area contributed by atoms with Crippen LogP contribution in [0.2, 0.25) is 5.02 Å². The Morgan fingerprint density at radius 1 is 1.08 bits per heavy atom. The van der Waals surface area contributed by atoms with Gasteiger partial charge in [0.2, 0.25) is 5.91 Å². The number of thioether (sulfide) groups is 1. The lowest BCUT2D eigenvalue weighted by molar-refractivity contribution is -0.113. The van der Waals surface area contributed by atoms with Crippen molar-refractivity contribution in [2.75, 3.05) is 25.3 Å². The molecule has 13 heteroatoms. The lowest BCUT2D eigenvalue weighted by Crippen LogP contribution is -2.15. The van der Waals surface area contributed by atoms with Crippen LogP contribution in [0.15, 0.2) is 41.6 Å². The molecule has 0 spiro atoms. The number of carbonyl (C=O) groups is 1. The molecule has 5 aromatic rings. The number of halogens is 2. The summed E-state index contributed by atoms with van der Waals surface area (Å²) in [5, 5.41) is 13.2. The molecular formula is C26H25ClFN7O3S. The summed E-state index contributed by atoms with van der Waals surface area (Å²) in [6.07, 6.45) is 0.541. The van der Waals surface area contributed by atoms with E-state index in [0.29, 0.717) is 46.6 Å². The van der Waals surface area contributed by atoms with Crippen LogP contribution in [0.4, 0.5) is 10.1 Å². The third kappa shape index (κ3) is 5.62. The minimum Gasteiger partial charge on any atom is -0.493 e. The molecule has 39 heavy (non-hydrogen) atoms.